The quantitative estimate of drug-likeness (QED) is 0.300. The van der Waals surface area contributed by atoms with Crippen LogP contribution >= 0.6 is 0 Å². The molecule has 0 bridgehead atoms. The second-order valence-corrected chi connectivity index (χ2v) is 8.41. The van der Waals surface area contributed by atoms with E-state index >= 15 is 0 Å². The zero-order chi connectivity index (χ0) is 23.3. The zero-order valence-corrected chi connectivity index (χ0v) is 18.8. The average molecular weight is 443 g/mol. The molecule has 5 rings (SSSR count). The molecule has 0 unspecified atom stereocenters. The Balaban J connectivity index is 1.71. The summed E-state index contributed by atoms with van der Waals surface area (Å²) in [6.45, 7) is 0. The summed E-state index contributed by atoms with van der Waals surface area (Å²) in [7, 11) is 0. The lowest BCUT2D eigenvalue weighted by Gasteiger charge is -2.22. The minimum Gasteiger partial charge on any atom is -0.385 e. The largest absolute Gasteiger partial charge is 0.385 e. The minimum atomic E-state index is -1.06. The van der Waals surface area contributed by atoms with Crippen LogP contribution < -0.4 is 0 Å². The van der Waals surface area contributed by atoms with Gasteiger partial charge in [0.05, 0.1) is 0 Å². The molecule has 4 aromatic rings. The van der Waals surface area contributed by atoms with Gasteiger partial charge in [0.1, 0.15) is 12.2 Å². The lowest BCUT2D eigenvalue weighted by molar-refractivity contribution is 0.0170. The molecule has 34 heavy (non-hydrogen) atoms. The van der Waals surface area contributed by atoms with Crippen molar-refractivity contribution in [3.05, 3.63) is 142 Å². The molecule has 2 N–H and O–H groups in total. The third kappa shape index (κ3) is 4.55. The van der Waals surface area contributed by atoms with E-state index in [1.807, 2.05) is 84.9 Å². The van der Waals surface area contributed by atoms with Crippen LogP contribution in [-0.4, -0.2) is 10.2 Å². The Morgan fingerprint density at radius 1 is 0.324 bits per heavy atom. The molecule has 166 valence electrons. The number of hydrogen-bond acceptors (Lipinski definition) is 2. The van der Waals surface area contributed by atoms with E-state index in [0.29, 0.717) is 11.1 Å². The molecule has 0 aromatic heterocycles. The highest BCUT2D eigenvalue weighted by Crippen LogP contribution is 2.34. The Bertz CT molecular complexity index is 1290. The fraction of sp³-hybridized carbons (Fsp3) is 0.0625. The van der Waals surface area contributed by atoms with E-state index in [4.69, 9.17) is 0 Å². The molecular weight excluding hydrogens is 416 g/mol. The summed E-state index contributed by atoms with van der Waals surface area (Å²) in [6, 6.07) is 31.8. The van der Waals surface area contributed by atoms with E-state index in [1.165, 1.54) is 0 Å². The Labute approximate surface area is 200 Å². The van der Waals surface area contributed by atoms with Gasteiger partial charge in [-0.3, -0.25) is 0 Å². The van der Waals surface area contributed by atoms with E-state index in [1.54, 1.807) is 0 Å². The molecule has 0 fully saturated rings. The number of fused-ring (bicyclic) bond motifs is 4. The van der Waals surface area contributed by atoms with Gasteiger partial charge in [0.2, 0.25) is 0 Å². The van der Waals surface area contributed by atoms with E-state index in [9.17, 15) is 10.2 Å². The number of aliphatic hydroxyl groups is 2. The van der Waals surface area contributed by atoms with Gasteiger partial charge >= 0.3 is 0 Å². The van der Waals surface area contributed by atoms with Crippen LogP contribution in [0.1, 0.15) is 56.7 Å². The predicted molar refractivity (Wildman–Crippen MR) is 142 cm³/mol. The van der Waals surface area contributed by atoms with Crippen LogP contribution in [0.3, 0.4) is 0 Å². The molecule has 0 spiro atoms. The molecule has 0 radical (unpaired) electrons. The van der Waals surface area contributed by atoms with Crippen LogP contribution in [0, 0.1) is 0 Å². The molecule has 0 saturated heterocycles. The van der Waals surface area contributed by atoms with E-state index in [-0.39, 0.29) is 0 Å². The Kier molecular flexibility index (Phi) is 6.35. The first-order valence-corrected chi connectivity index (χ1v) is 11.5. The highest BCUT2D eigenvalue weighted by Gasteiger charge is 2.23. The monoisotopic (exact) mass is 442 g/mol. The maximum Gasteiger partial charge on any atom is 0.110 e. The van der Waals surface area contributed by atoms with Crippen LogP contribution in [0.15, 0.2) is 97.1 Å². The SMILES string of the molecule is O[C@H]1c2ccccc2/C=C\c2ccccc2/C=C\c2ccccc2/C=C\c2ccccc2[C@@H]1O. The van der Waals surface area contributed by atoms with Crippen molar-refractivity contribution in [3.63, 3.8) is 0 Å². The van der Waals surface area contributed by atoms with Gasteiger partial charge in [-0.2, -0.15) is 0 Å². The van der Waals surface area contributed by atoms with Crippen LogP contribution in [0.2, 0.25) is 0 Å². The van der Waals surface area contributed by atoms with Gasteiger partial charge in [0, 0.05) is 0 Å². The van der Waals surface area contributed by atoms with Crippen LogP contribution in [-0.2, 0) is 0 Å². The number of hydrogen-bond donors (Lipinski definition) is 2. The normalized spacial score (nSPS) is 20.2. The van der Waals surface area contributed by atoms with Gasteiger partial charge in [0.15, 0.2) is 0 Å². The van der Waals surface area contributed by atoms with Gasteiger partial charge in [-0.25, -0.2) is 0 Å². The summed E-state index contributed by atoms with van der Waals surface area (Å²) in [5.41, 5.74) is 7.49. The molecule has 2 heteroatoms. The second-order valence-electron chi connectivity index (χ2n) is 8.41. The molecule has 0 saturated carbocycles. The maximum atomic E-state index is 11.2. The fourth-order valence-electron chi connectivity index (χ4n) is 4.37. The Morgan fingerprint density at radius 2 is 0.559 bits per heavy atom. The van der Waals surface area contributed by atoms with Crippen LogP contribution in [0.5, 0.6) is 0 Å². The summed E-state index contributed by atoms with van der Waals surface area (Å²) in [5.74, 6) is 0. The lowest BCUT2D eigenvalue weighted by Crippen LogP contribution is -2.12. The van der Waals surface area contributed by atoms with Crippen molar-refractivity contribution < 1.29 is 10.2 Å². The first kappa shape index (κ1) is 21.8. The molecule has 2 nitrogen and oxygen atoms in total. The highest BCUT2D eigenvalue weighted by molar-refractivity contribution is 5.83. The summed E-state index contributed by atoms with van der Waals surface area (Å²) in [4.78, 5) is 0. The van der Waals surface area contributed by atoms with E-state index < -0.39 is 12.2 Å². The molecular formula is C32H26O2. The first-order valence-electron chi connectivity index (χ1n) is 11.5. The van der Waals surface area contributed by atoms with Crippen molar-refractivity contribution in [1.82, 2.24) is 0 Å². The Morgan fingerprint density at radius 3 is 0.882 bits per heavy atom. The molecule has 1 aliphatic rings. The topological polar surface area (TPSA) is 40.5 Å². The summed E-state index contributed by atoms with van der Waals surface area (Å²) in [5, 5.41) is 22.4. The van der Waals surface area contributed by atoms with E-state index in [0.717, 1.165) is 33.4 Å². The fourth-order valence-corrected chi connectivity index (χ4v) is 4.37. The van der Waals surface area contributed by atoms with Gasteiger partial charge in [-0.1, -0.05) is 134 Å². The van der Waals surface area contributed by atoms with Crippen molar-refractivity contribution in [2.24, 2.45) is 0 Å². The minimum absolute atomic E-state index is 0.690. The molecule has 1 aliphatic carbocycles. The van der Waals surface area contributed by atoms with Crippen molar-refractivity contribution in [1.29, 1.82) is 0 Å². The van der Waals surface area contributed by atoms with Crippen molar-refractivity contribution in [3.8, 4) is 0 Å². The Hall–Kier alpha value is -3.98. The lowest BCUT2D eigenvalue weighted by atomic mass is 9.91. The van der Waals surface area contributed by atoms with Crippen molar-refractivity contribution in [2.45, 2.75) is 12.2 Å². The third-order valence-corrected chi connectivity index (χ3v) is 6.25. The zero-order valence-electron chi connectivity index (χ0n) is 18.8. The van der Waals surface area contributed by atoms with Crippen LogP contribution in [0.25, 0.3) is 36.5 Å². The summed E-state index contributed by atoms with van der Waals surface area (Å²) in [6.07, 6.45) is 10.3. The van der Waals surface area contributed by atoms with Gasteiger partial charge in [-0.15, -0.1) is 0 Å². The van der Waals surface area contributed by atoms with Crippen molar-refractivity contribution >= 4 is 36.5 Å². The van der Waals surface area contributed by atoms with Gasteiger partial charge < -0.3 is 10.2 Å². The third-order valence-electron chi connectivity index (χ3n) is 6.25. The highest BCUT2D eigenvalue weighted by atomic mass is 16.3. The molecule has 0 aliphatic heterocycles. The van der Waals surface area contributed by atoms with Gasteiger partial charge in [0.25, 0.3) is 0 Å². The number of aliphatic hydroxyl groups excluding tert-OH is 2. The smallest absolute Gasteiger partial charge is 0.110 e. The van der Waals surface area contributed by atoms with Crippen molar-refractivity contribution in [2.75, 3.05) is 0 Å². The van der Waals surface area contributed by atoms with Gasteiger partial charge in [-0.05, 0) is 44.5 Å². The molecule has 4 aromatic carbocycles. The van der Waals surface area contributed by atoms with E-state index in [2.05, 4.69) is 48.6 Å². The summed E-state index contributed by atoms with van der Waals surface area (Å²) >= 11 is 0. The molecule has 2 atom stereocenters. The standard InChI is InChI=1S/C32H26O2/c33-31-29-15-7-5-13-27(29)21-19-25-11-3-1-9-23(25)17-18-24-10-2-4-12-26(24)20-22-28-14-6-8-16-30(28)32(31)34/h1-22,31-34H/b18-17-,21-19-,22-20-/t31-,32-/m0/s1. The molecule has 0 amide bonds. The maximum absolute atomic E-state index is 11.2. The van der Waals surface area contributed by atoms with Crippen LogP contribution in [0.4, 0.5) is 0 Å². The molecule has 0 heterocycles. The second kappa shape index (κ2) is 9.88. The average Bonchev–Trinajstić information content (AvgIpc) is 2.89. The predicted octanol–water partition coefficient (Wildman–Crippen LogP) is 7.28. The number of benzene rings is 4. The summed E-state index contributed by atoms with van der Waals surface area (Å²) < 4.78 is 0. The first-order chi connectivity index (χ1) is 16.7. The number of rotatable bonds is 0.